The fourth-order valence-corrected chi connectivity index (χ4v) is 1.59. The SMILES string of the molecule is CCCCN(C)C(=O)C(=O)Nc1ccccc1OC. The number of nitrogens with one attached hydrogen (secondary N) is 1. The summed E-state index contributed by atoms with van der Waals surface area (Å²) in [5.41, 5.74) is 0.493. The topological polar surface area (TPSA) is 58.6 Å². The maximum absolute atomic E-state index is 11.8. The van der Waals surface area contributed by atoms with Gasteiger partial charge in [0.05, 0.1) is 12.8 Å². The van der Waals surface area contributed by atoms with Crippen molar-refractivity contribution in [3.63, 3.8) is 0 Å². The van der Waals surface area contributed by atoms with E-state index in [9.17, 15) is 9.59 Å². The Balaban J connectivity index is 2.66. The minimum Gasteiger partial charge on any atom is -0.495 e. The second-order valence-corrected chi connectivity index (χ2v) is 4.23. The molecule has 1 N–H and O–H groups in total. The van der Waals surface area contributed by atoms with Gasteiger partial charge in [0.2, 0.25) is 0 Å². The second kappa shape index (κ2) is 7.41. The van der Waals surface area contributed by atoms with Crippen LogP contribution in [0.2, 0.25) is 0 Å². The fraction of sp³-hybridized carbons (Fsp3) is 0.429. The molecule has 0 spiro atoms. The molecule has 0 aliphatic carbocycles. The number of hydrogen-bond acceptors (Lipinski definition) is 3. The number of ether oxygens (including phenoxy) is 1. The maximum atomic E-state index is 11.8. The van der Waals surface area contributed by atoms with Gasteiger partial charge >= 0.3 is 11.8 Å². The number of unbranched alkanes of at least 4 members (excludes halogenated alkanes) is 1. The van der Waals surface area contributed by atoms with Crippen molar-refractivity contribution < 1.29 is 14.3 Å². The van der Waals surface area contributed by atoms with Gasteiger partial charge in [-0.25, -0.2) is 0 Å². The molecule has 0 aliphatic heterocycles. The standard InChI is InChI=1S/C14H20N2O3/c1-4-5-10-16(2)14(18)13(17)15-11-8-6-7-9-12(11)19-3/h6-9H,4-5,10H2,1-3H3,(H,15,17). The van der Waals surface area contributed by atoms with E-state index in [0.29, 0.717) is 18.0 Å². The average molecular weight is 264 g/mol. The summed E-state index contributed by atoms with van der Waals surface area (Å²) in [5.74, 6) is -0.665. The Morgan fingerprint density at radius 3 is 2.63 bits per heavy atom. The van der Waals surface area contributed by atoms with Crippen molar-refractivity contribution in [2.45, 2.75) is 19.8 Å². The van der Waals surface area contributed by atoms with E-state index in [-0.39, 0.29) is 0 Å². The van der Waals surface area contributed by atoms with Crippen LogP contribution in [0, 0.1) is 0 Å². The van der Waals surface area contributed by atoms with Gasteiger partial charge < -0.3 is 15.0 Å². The van der Waals surface area contributed by atoms with Gasteiger partial charge in [-0.15, -0.1) is 0 Å². The highest BCUT2D eigenvalue weighted by atomic mass is 16.5. The molecule has 19 heavy (non-hydrogen) atoms. The smallest absolute Gasteiger partial charge is 0.313 e. The molecule has 0 aromatic heterocycles. The van der Waals surface area contributed by atoms with Gasteiger partial charge in [0.1, 0.15) is 5.75 Å². The molecular weight excluding hydrogens is 244 g/mol. The van der Waals surface area contributed by atoms with Crippen molar-refractivity contribution in [1.82, 2.24) is 4.90 Å². The number of rotatable bonds is 5. The van der Waals surface area contributed by atoms with E-state index in [2.05, 4.69) is 5.32 Å². The highest BCUT2D eigenvalue weighted by molar-refractivity contribution is 6.39. The lowest BCUT2D eigenvalue weighted by atomic mass is 10.3. The van der Waals surface area contributed by atoms with Gasteiger partial charge in [0.15, 0.2) is 0 Å². The van der Waals surface area contributed by atoms with Crippen molar-refractivity contribution >= 4 is 17.5 Å². The molecule has 0 saturated heterocycles. The Hall–Kier alpha value is -2.04. The molecule has 0 radical (unpaired) electrons. The largest absolute Gasteiger partial charge is 0.495 e. The monoisotopic (exact) mass is 264 g/mol. The molecule has 5 heteroatoms. The van der Waals surface area contributed by atoms with E-state index in [1.165, 1.54) is 12.0 Å². The van der Waals surface area contributed by atoms with Gasteiger partial charge in [-0.2, -0.15) is 0 Å². The molecule has 1 aromatic carbocycles. The van der Waals surface area contributed by atoms with E-state index in [0.717, 1.165) is 12.8 Å². The number of carbonyl (C=O) groups is 2. The molecule has 0 atom stereocenters. The van der Waals surface area contributed by atoms with E-state index < -0.39 is 11.8 Å². The highest BCUT2D eigenvalue weighted by Crippen LogP contribution is 2.22. The highest BCUT2D eigenvalue weighted by Gasteiger charge is 2.19. The molecule has 104 valence electrons. The molecule has 1 aromatic rings. The first-order chi connectivity index (χ1) is 9.10. The van der Waals surface area contributed by atoms with Crippen LogP contribution in [0.4, 0.5) is 5.69 Å². The third-order valence-corrected chi connectivity index (χ3v) is 2.74. The lowest BCUT2D eigenvalue weighted by molar-refractivity contribution is -0.142. The van der Waals surface area contributed by atoms with Gasteiger partial charge in [0.25, 0.3) is 0 Å². The minimum absolute atomic E-state index is 0.493. The first kappa shape index (κ1) is 15.0. The summed E-state index contributed by atoms with van der Waals surface area (Å²) in [5, 5.41) is 2.56. The number of amides is 2. The number of anilines is 1. The third-order valence-electron chi connectivity index (χ3n) is 2.74. The normalized spacial score (nSPS) is 9.84. The summed E-state index contributed by atoms with van der Waals surface area (Å²) in [6, 6.07) is 6.98. The summed E-state index contributed by atoms with van der Waals surface area (Å²) < 4.78 is 5.11. The Morgan fingerprint density at radius 1 is 1.32 bits per heavy atom. The average Bonchev–Trinajstić information content (AvgIpc) is 2.44. The van der Waals surface area contributed by atoms with Crippen molar-refractivity contribution in [2.75, 3.05) is 26.0 Å². The van der Waals surface area contributed by atoms with Gasteiger partial charge in [-0.3, -0.25) is 9.59 Å². The number of hydrogen-bond donors (Lipinski definition) is 1. The first-order valence-corrected chi connectivity index (χ1v) is 6.29. The molecule has 0 bridgehead atoms. The number of carbonyl (C=O) groups excluding carboxylic acids is 2. The van der Waals surface area contributed by atoms with Crippen molar-refractivity contribution in [2.24, 2.45) is 0 Å². The summed E-state index contributed by atoms with van der Waals surface area (Å²) in [7, 11) is 3.14. The molecule has 0 heterocycles. The van der Waals surface area contributed by atoms with Crippen molar-refractivity contribution in [3.8, 4) is 5.75 Å². The predicted octanol–water partition coefficient (Wildman–Crippen LogP) is 1.89. The quantitative estimate of drug-likeness (QED) is 0.826. The Morgan fingerprint density at radius 2 is 2.00 bits per heavy atom. The Bertz CT molecular complexity index is 446. The van der Waals surface area contributed by atoms with E-state index in [1.807, 2.05) is 6.92 Å². The van der Waals surface area contributed by atoms with E-state index >= 15 is 0 Å². The molecule has 0 fully saturated rings. The Kier molecular flexibility index (Phi) is 5.85. The van der Waals surface area contributed by atoms with Crippen LogP contribution >= 0.6 is 0 Å². The van der Waals surface area contributed by atoms with Crippen LogP contribution in [0.25, 0.3) is 0 Å². The molecule has 5 nitrogen and oxygen atoms in total. The lowest BCUT2D eigenvalue weighted by Gasteiger charge is -2.16. The zero-order chi connectivity index (χ0) is 14.3. The van der Waals surface area contributed by atoms with Crippen molar-refractivity contribution in [1.29, 1.82) is 0 Å². The molecule has 0 saturated carbocycles. The zero-order valence-electron chi connectivity index (χ0n) is 11.6. The van der Waals surface area contributed by atoms with Crippen LogP contribution in [0.3, 0.4) is 0 Å². The number of para-hydroxylation sites is 2. The predicted molar refractivity (Wildman–Crippen MR) is 74.2 cm³/mol. The fourth-order valence-electron chi connectivity index (χ4n) is 1.59. The maximum Gasteiger partial charge on any atom is 0.313 e. The lowest BCUT2D eigenvalue weighted by Crippen LogP contribution is -2.37. The molecular formula is C14H20N2O3. The first-order valence-electron chi connectivity index (χ1n) is 6.29. The summed E-state index contributed by atoms with van der Waals surface area (Å²) in [6.07, 6.45) is 1.86. The summed E-state index contributed by atoms with van der Waals surface area (Å²) in [6.45, 7) is 2.61. The number of likely N-dealkylation sites (N-methyl/N-ethyl adjacent to an activating group) is 1. The van der Waals surface area contributed by atoms with Crippen molar-refractivity contribution in [3.05, 3.63) is 24.3 Å². The van der Waals surface area contributed by atoms with Gasteiger partial charge in [-0.1, -0.05) is 25.5 Å². The van der Waals surface area contributed by atoms with Crippen LogP contribution in [0.1, 0.15) is 19.8 Å². The molecule has 0 aliphatic rings. The van der Waals surface area contributed by atoms with Crippen LogP contribution in [-0.4, -0.2) is 37.4 Å². The number of benzene rings is 1. The second-order valence-electron chi connectivity index (χ2n) is 4.23. The third kappa shape index (κ3) is 4.28. The van der Waals surface area contributed by atoms with Crippen LogP contribution < -0.4 is 10.1 Å². The van der Waals surface area contributed by atoms with Gasteiger partial charge in [0, 0.05) is 13.6 Å². The summed E-state index contributed by atoms with van der Waals surface area (Å²) >= 11 is 0. The van der Waals surface area contributed by atoms with Crippen LogP contribution in [0.15, 0.2) is 24.3 Å². The summed E-state index contributed by atoms with van der Waals surface area (Å²) in [4.78, 5) is 25.1. The minimum atomic E-state index is -0.650. The van der Waals surface area contributed by atoms with E-state index in [4.69, 9.17) is 4.74 Å². The van der Waals surface area contributed by atoms with E-state index in [1.54, 1.807) is 31.3 Å². The Labute approximate surface area is 113 Å². The van der Waals surface area contributed by atoms with Gasteiger partial charge in [-0.05, 0) is 18.6 Å². The molecule has 2 amide bonds. The number of nitrogens with zero attached hydrogens (tertiary/aromatic N) is 1. The van der Waals surface area contributed by atoms with Crippen LogP contribution in [-0.2, 0) is 9.59 Å². The molecule has 0 unspecified atom stereocenters. The van der Waals surface area contributed by atoms with Crippen LogP contribution in [0.5, 0.6) is 5.75 Å². The number of methoxy groups -OCH3 is 1. The zero-order valence-corrected chi connectivity index (χ0v) is 11.6. The molecule has 1 rings (SSSR count).